The van der Waals surface area contributed by atoms with Gasteiger partial charge in [-0.2, -0.15) is 8.42 Å². The Kier molecular flexibility index (Phi) is 11.8. The maximum atomic E-state index is 11.0. The second-order valence-electron chi connectivity index (χ2n) is 9.03. The molecule has 3 aromatic carbocycles. The van der Waals surface area contributed by atoms with Crippen molar-refractivity contribution in [1.29, 1.82) is 0 Å². The average molecular weight is 581 g/mol. The fourth-order valence-electron chi connectivity index (χ4n) is 4.34. The van der Waals surface area contributed by atoms with Crippen LogP contribution in [0.2, 0.25) is 0 Å². The number of aromatic nitrogens is 2. The van der Waals surface area contributed by atoms with Crippen LogP contribution in [0.15, 0.2) is 71.7 Å². The van der Waals surface area contributed by atoms with Crippen LogP contribution in [-0.4, -0.2) is 28.7 Å². The highest BCUT2D eigenvalue weighted by atomic mass is 32.2. The van der Waals surface area contributed by atoms with Gasteiger partial charge >= 0.3 is 0 Å². The van der Waals surface area contributed by atoms with Crippen LogP contribution in [0.5, 0.6) is 0 Å². The molecule has 2 aromatic heterocycles. The highest BCUT2D eigenvalue weighted by molar-refractivity contribution is 7.85. The smallest absolute Gasteiger partial charge is 0.264 e. The Morgan fingerprint density at radius 2 is 1.85 bits per heavy atom. The Morgan fingerprint density at radius 3 is 2.49 bits per heavy atom. The number of rotatable bonds is 7. The van der Waals surface area contributed by atoms with Crippen molar-refractivity contribution in [3.8, 4) is 0 Å². The predicted molar refractivity (Wildman–Crippen MR) is 169 cm³/mol. The molecular formula is C31H36N2O3S3. The molecule has 0 saturated carbocycles. The monoisotopic (exact) mass is 580 g/mol. The van der Waals surface area contributed by atoms with Crippen molar-refractivity contribution in [3.05, 3.63) is 99.0 Å². The third kappa shape index (κ3) is 9.35. The zero-order chi connectivity index (χ0) is 28.3. The van der Waals surface area contributed by atoms with Crippen molar-refractivity contribution in [3.63, 3.8) is 0 Å². The topological polar surface area (TPSA) is 80.2 Å². The Balaban J connectivity index is 0.000000203. The van der Waals surface area contributed by atoms with Crippen molar-refractivity contribution >= 4 is 59.9 Å². The van der Waals surface area contributed by atoms with E-state index < -0.39 is 10.1 Å². The van der Waals surface area contributed by atoms with Crippen LogP contribution in [0.1, 0.15) is 54.0 Å². The molecule has 5 aromatic rings. The average Bonchev–Trinajstić information content (AvgIpc) is 3.60. The number of fused-ring (bicyclic) bond motifs is 2. The number of para-hydroxylation sites is 1. The van der Waals surface area contributed by atoms with Gasteiger partial charge in [0.2, 0.25) is 0 Å². The van der Waals surface area contributed by atoms with E-state index in [-0.39, 0.29) is 5.75 Å². The third-order valence-electron chi connectivity index (χ3n) is 6.09. The molecule has 0 bridgehead atoms. The van der Waals surface area contributed by atoms with Crippen LogP contribution in [0, 0.1) is 13.8 Å². The second-order valence-corrected chi connectivity index (χ2v) is 12.6. The summed E-state index contributed by atoms with van der Waals surface area (Å²) in [4.78, 5) is 8.24. The van der Waals surface area contributed by atoms with Gasteiger partial charge in [-0.15, -0.1) is 22.7 Å². The fraction of sp³-hybridized carbons (Fsp3) is 0.290. The molecule has 8 heteroatoms. The second kappa shape index (κ2) is 15.0. The Hall–Kier alpha value is -2.91. The number of nitrogens with zero attached hydrogens (tertiary/aromatic N) is 2. The summed E-state index contributed by atoms with van der Waals surface area (Å²) in [7, 11) is -3.91. The molecule has 0 aliphatic carbocycles. The molecule has 0 amide bonds. The van der Waals surface area contributed by atoms with Crippen LogP contribution in [0.4, 0.5) is 0 Å². The van der Waals surface area contributed by atoms with Gasteiger partial charge in [0, 0.05) is 11.6 Å². The molecule has 2 heterocycles. The van der Waals surface area contributed by atoms with E-state index in [9.17, 15) is 8.42 Å². The van der Waals surface area contributed by atoms with Crippen LogP contribution < -0.4 is 0 Å². The van der Waals surface area contributed by atoms with Crippen LogP contribution in [0.3, 0.4) is 0 Å². The molecular weight excluding hydrogens is 545 g/mol. The summed E-state index contributed by atoms with van der Waals surface area (Å²) in [5.41, 5.74) is 7.85. The zero-order valence-corrected chi connectivity index (χ0v) is 25.4. The normalized spacial score (nSPS) is 11.3. The van der Waals surface area contributed by atoms with E-state index in [1.54, 1.807) is 34.4 Å². The van der Waals surface area contributed by atoms with Crippen LogP contribution >= 0.6 is 22.7 Å². The molecule has 0 atom stereocenters. The molecule has 0 fully saturated rings. The summed E-state index contributed by atoms with van der Waals surface area (Å²) < 4.78 is 32.1. The van der Waals surface area contributed by atoms with Gasteiger partial charge in [-0.05, 0) is 78.6 Å². The van der Waals surface area contributed by atoms with Gasteiger partial charge in [-0.1, -0.05) is 68.5 Å². The van der Waals surface area contributed by atoms with Gasteiger partial charge in [-0.25, -0.2) is 4.98 Å². The van der Waals surface area contributed by atoms with Crippen LogP contribution in [0.25, 0.3) is 27.1 Å². The van der Waals surface area contributed by atoms with Gasteiger partial charge in [0.05, 0.1) is 26.5 Å². The number of aryl methyl sites for hydroxylation is 4. The molecule has 5 rings (SSSR count). The summed E-state index contributed by atoms with van der Waals surface area (Å²) in [6.45, 7) is 8.40. The summed E-state index contributed by atoms with van der Waals surface area (Å²) in [6, 6.07) is 16.7. The van der Waals surface area contributed by atoms with Crippen LogP contribution in [-0.2, 0) is 23.0 Å². The highest BCUT2D eigenvalue weighted by Crippen LogP contribution is 2.28. The van der Waals surface area contributed by atoms with Gasteiger partial charge in [0.25, 0.3) is 10.1 Å². The highest BCUT2D eigenvalue weighted by Gasteiger charge is 2.11. The number of allylic oxidation sites excluding steroid dienone is 1. The maximum absolute atomic E-state index is 11.0. The number of hydrogen-bond acceptors (Lipinski definition) is 6. The Labute approximate surface area is 240 Å². The number of hydrogen-bond donors (Lipinski definition) is 1. The predicted octanol–water partition coefficient (Wildman–Crippen LogP) is 8.70. The van der Waals surface area contributed by atoms with Gasteiger partial charge < -0.3 is 0 Å². The first-order valence-corrected chi connectivity index (χ1v) is 16.4. The molecule has 0 saturated heterocycles. The first-order valence-electron chi connectivity index (χ1n) is 13.0. The lowest BCUT2D eigenvalue weighted by atomic mass is 9.91. The minimum Gasteiger partial charge on any atom is -0.286 e. The summed E-state index contributed by atoms with van der Waals surface area (Å²) in [5.74, 6) is -0.202. The number of benzene rings is 3. The van der Waals surface area contributed by atoms with E-state index in [1.165, 1.54) is 21.3 Å². The molecule has 0 radical (unpaired) electrons. The lowest BCUT2D eigenvalue weighted by Gasteiger charge is -2.14. The van der Waals surface area contributed by atoms with E-state index in [0.29, 0.717) is 12.8 Å². The molecule has 0 spiro atoms. The van der Waals surface area contributed by atoms with Crippen molar-refractivity contribution in [2.45, 2.75) is 53.4 Å². The zero-order valence-electron chi connectivity index (χ0n) is 22.9. The molecule has 39 heavy (non-hydrogen) atoms. The minimum absolute atomic E-state index is 0.202. The third-order valence-corrected chi connectivity index (χ3v) is 8.36. The molecule has 0 unspecified atom stereocenters. The van der Waals surface area contributed by atoms with Crippen molar-refractivity contribution in [1.82, 2.24) is 9.97 Å². The standard InChI is InChI=1S/C18H22O3S.C10H11NS.C3H3NS/c1-3-4-9-16-14(2)13-15-8-5-6-10-17(15)18(16)11-7-12-22(19,20)21;1-3-8-5-4-6-9-10(8)11-7(2)12-9;1-2-5-3-4-1/h4-6,8-10,13H,3,7,11-12H2,1-2H3,(H,19,20,21);4-6H,3H2,1-2H3;1-3H. The van der Waals surface area contributed by atoms with Gasteiger partial charge in [0.1, 0.15) is 0 Å². The molecule has 0 aliphatic heterocycles. The molecule has 0 aliphatic rings. The summed E-state index contributed by atoms with van der Waals surface area (Å²) in [5, 5.41) is 5.40. The first kappa shape index (κ1) is 30.6. The van der Waals surface area contributed by atoms with Crippen molar-refractivity contribution in [2.75, 3.05) is 5.75 Å². The van der Waals surface area contributed by atoms with Gasteiger partial charge in [-0.3, -0.25) is 9.54 Å². The largest absolute Gasteiger partial charge is 0.286 e. The summed E-state index contributed by atoms with van der Waals surface area (Å²) >= 11 is 3.37. The van der Waals surface area contributed by atoms with Crippen molar-refractivity contribution in [2.24, 2.45) is 0 Å². The SMILES string of the molecule is CCC=Cc1c(C)cc2ccccc2c1CCCS(=O)(=O)O.CCc1cccc2sc(C)nc12.c1cscn1. The van der Waals surface area contributed by atoms with E-state index in [4.69, 9.17) is 4.55 Å². The van der Waals surface area contributed by atoms with E-state index in [0.717, 1.165) is 39.7 Å². The van der Waals surface area contributed by atoms with Crippen molar-refractivity contribution < 1.29 is 13.0 Å². The molecule has 206 valence electrons. The lowest BCUT2D eigenvalue weighted by molar-refractivity contribution is 0.481. The maximum Gasteiger partial charge on any atom is 0.264 e. The van der Waals surface area contributed by atoms with E-state index >= 15 is 0 Å². The van der Waals surface area contributed by atoms with Gasteiger partial charge in [0.15, 0.2) is 0 Å². The minimum atomic E-state index is -3.91. The van der Waals surface area contributed by atoms with E-state index in [2.05, 4.69) is 86.2 Å². The molecule has 5 nitrogen and oxygen atoms in total. The quantitative estimate of drug-likeness (QED) is 0.195. The number of thiazole rings is 2. The Bertz CT molecular complexity index is 1590. The van der Waals surface area contributed by atoms with E-state index in [1.807, 2.05) is 17.5 Å². The summed E-state index contributed by atoms with van der Waals surface area (Å²) in [6.07, 6.45) is 9.07. The first-order chi connectivity index (χ1) is 18.7. The fourth-order valence-corrected chi connectivity index (χ4v) is 6.07. The lowest BCUT2D eigenvalue weighted by Crippen LogP contribution is -2.06. The molecule has 1 N–H and O–H groups in total. The Morgan fingerprint density at radius 1 is 1.05 bits per heavy atom.